The van der Waals surface area contributed by atoms with Gasteiger partial charge in [-0.05, 0) is 119 Å². The average Bonchev–Trinajstić information content (AvgIpc) is 3.63. The van der Waals surface area contributed by atoms with E-state index in [1.54, 1.807) is 0 Å². The zero-order chi connectivity index (χ0) is 38.0. The summed E-state index contributed by atoms with van der Waals surface area (Å²) in [5, 5.41) is 2.53. The van der Waals surface area contributed by atoms with Gasteiger partial charge >= 0.3 is 0 Å². The van der Waals surface area contributed by atoms with Crippen LogP contribution in [0.15, 0.2) is 237 Å². The lowest BCUT2D eigenvalue weighted by Crippen LogP contribution is -2.12. The molecular weight excluding hydrogens is 691 g/mol. The fraction of sp³-hybridized carbons (Fsp3) is 0. The predicted octanol–water partition coefficient (Wildman–Crippen LogP) is 15.1. The normalized spacial score (nSPS) is 11.2. The zero-order valence-electron chi connectivity index (χ0n) is 31.4. The van der Waals surface area contributed by atoms with Crippen LogP contribution < -0.4 is 9.80 Å². The third-order valence-electron chi connectivity index (χ3n) is 10.8. The Hall–Kier alpha value is -7.62. The van der Waals surface area contributed by atoms with Crippen LogP contribution in [0, 0.1) is 0 Å². The summed E-state index contributed by atoms with van der Waals surface area (Å²) in [6.45, 7) is 0. The molecule has 0 atom stereocenters. The minimum absolute atomic E-state index is 1.08. The highest BCUT2D eigenvalue weighted by Gasteiger charge is 2.17. The molecule has 10 rings (SSSR count). The second-order valence-corrected chi connectivity index (χ2v) is 14.2. The molecule has 57 heavy (non-hydrogen) atoms. The Morgan fingerprint density at radius 2 is 0.579 bits per heavy atom. The molecule has 3 nitrogen and oxygen atoms in total. The van der Waals surface area contributed by atoms with Crippen LogP contribution in [-0.4, -0.2) is 4.57 Å². The molecule has 1 aromatic heterocycles. The third kappa shape index (κ3) is 6.52. The van der Waals surface area contributed by atoms with Crippen molar-refractivity contribution in [3.8, 4) is 27.9 Å². The van der Waals surface area contributed by atoms with Gasteiger partial charge in [0.05, 0.1) is 11.0 Å². The van der Waals surface area contributed by atoms with E-state index < -0.39 is 0 Å². The monoisotopic (exact) mass is 729 g/mol. The van der Waals surface area contributed by atoms with E-state index >= 15 is 0 Å². The van der Waals surface area contributed by atoms with E-state index in [9.17, 15) is 0 Å². The molecule has 0 saturated heterocycles. The molecule has 0 aliphatic carbocycles. The number of fused-ring (bicyclic) bond motifs is 3. The van der Waals surface area contributed by atoms with Crippen LogP contribution in [0.25, 0.3) is 49.7 Å². The molecule has 0 amide bonds. The molecular formula is C54H39N3. The molecule has 0 spiro atoms. The Labute approximate surface area is 333 Å². The van der Waals surface area contributed by atoms with Crippen molar-refractivity contribution in [3.05, 3.63) is 237 Å². The second kappa shape index (κ2) is 14.9. The minimum atomic E-state index is 1.08. The number of para-hydroxylation sites is 4. The van der Waals surface area contributed by atoms with Crippen LogP contribution in [0.4, 0.5) is 34.1 Å². The van der Waals surface area contributed by atoms with E-state index in [4.69, 9.17) is 0 Å². The average molecular weight is 730 g/mol. The van der Waals surface area contributed by atoms with Gasteiger partial charge in [0.2, 0.25) is 0 Å². The van der Waals surface area contributed by atoms with Crippen molar-refractivity contribution in [2.45, 2.75) is 0 Å². The molecule has 3 heteroatoms. The van der Waals surface area contributed by atoms with Gasteiger partial charge in [-0.15, -0.1) is 0 Å². The maximum atomic E-state index is 2.38. The standard InChI is InChI=1S/C54H39N3/c1-4-15-40(16-5-1)41-27-31-46(32-28-41)56(49-37-35-48(36-38-49)55(44-18-6-2-7-19-44)45-20-8-3-9-21-45)47-33-29-42(30-34-47)43-17-14-22-50(39-43)57-53-25-12-10-23-51(53)52-24-11-13-26-54(52)57/h1-39H. The van der Waals surface area contributed by atoms with Gasteiger partial charge in [-0.3, -0.25) is 0 Å². The molecule has 0 radical (unpaired) electrons. The topological polar surface area (TPSA) is 11.4 Å². The summed E-state index contributed by atoms with van der Waals surface area (Å²) in [6.07, 6.45) is 0. The first-order chi connectivity index (χ1) is 28.3. The summed E-state index contributed by atoms with van der Waals surface area (Å²) in [4.78, 5) is 4.64. The van der Waals surface area contributed by atoms with E-state index in [1.807, 2.05) is 0 Å². The summed E-state index contributed by atoms with van der Waals surface area (Å²) >= 11 is 0. The van der Waals surface area contributed by atoms with Crippen molar-refractivity contribution >= 4 is 55.9 Å². The zero-order valence-corrected chi connectivity index (χ0v) is 31.4. The number of hydrogen-bond acceptors (Lipinski definition) is 2. The van der Waals surface area contributed by atoms with Gasteiger partial charge in [0, 0.05) is 50.6 Å². The van der Waals surface area contributed by atoms with Crippen LogP contribution in [0.3, 0.4) is 0 Å². The van der Waals surface area contributed by atoms with Crippen molar-refractivity contribution in [1.82, 2.24) is 4.57 Å². The van der Waals surface area contributed by atoms with Gasteiger partial charge in [-0.2, -0.15) is 0 Å². The van der Waals surface area contributed by atoms with E-state index in [0.717, 1.165) is 45.4 Å². The fourth-order valence-corrected chi connectivity index (χ4v) is 8.06. The first-order valence-electron chi connectivity index (χ1n) is 19.4. The molecule has 1 heterocycles. The lowest BCUT2D eigenvalue weighted by atomic mass is 10.0. The van der Waals surface area contributed by atoms with E-state index in [2.05, 4.69) is 251 Å². The molecule has 0 aliphatic heterocycles. The van der Waals surface area contributed by atoms with Crippen LogP contribution in [0.5, 0.6) is 0 Å². The van der Waals surface area contributed by atoms with E-state index in [-0.39, 0.29) is 0 Å². The smallest absolute Gasteiger partial charge is 0.0541 e. The highest BCUT2D eigenvalue weighted by molar-refractivity contribution is 6.09. The van der Waals surface area contributed by atoms with Gasteiger partial charge in [0.15, 0.2) is 0 Å². The summed E-state index contributed by atoms with van der Waals surface area (Å²) < 4.78 is 2.38. The minimum Gasteiger partial charge on any atom is -0.311 e. The molecule has 270 valence electrons. The quantitative estimate of drug-likeness (QED) is 0.147. The number of aromatic nitrogens is 1. The Bertz CT molecular complexity index is 2820. The predicted molar refractivity (Wildman–Crippen MR) is 241 cm³/mol. The van der Waals surface area contributed by atoms with Crippen molar-refractivity contribution in [3.63, 3.8) is 0 Å². The van der Waals surface area contributed by atoms with Crippen LogP contribution in [-0.2, 0) is 0 Å². The van der Waals surface area contributed by atoms with E-state index in [0.29, 0.717) is 0 Å². The van der Waals surface area contributed by atoms with Crippen molar-refractivity contribution in [1.29, 1.82) is 0 Å². The molecule has 0 saturated carbocycles. The summed E-state index contributed by atoms with van der Waals surface area (Å²) in [7, 11) is 0. The van der Waals surface area contributed by atoms with Crippen LogP contribution >= 0.6 is 0 Å². The molecule has 0 unspecified atom stereocenters. The number of nitrogens with zero attached hydrogens (tertiary/aromatic N) is 3. The first kappa shape index (κ1) is 33.9. The SMILES string of the molecule is c1ccc(-c2ccc(N(c3ccc(-c4cccc(-n5c6ccccc6c6ccccc65)c4)cc3)c3ccc(N(c4ccccc4)c4ccccc4)cc3)cc2)cc1. The van der Waals surface area contributed by atoms with Gasteiger partial charge in [-0.25, -0.2) is 0 Å². The van der Waals surface area contributed by atoms with Crippen molar-refractivity contribution < 1.29 is 0 Å². The van der Waals surface area contributed by atoms with Crippen LogP contribution in [0.2, 0.25) is 0 Å². The van der Waals surface area contributed by atoms with Gasteiger partial charge in [0.1, 0.15) is 0 Å². The Morgan fingerprint density at radius 3 is 1.05 bits per heavy atom. The molecule has 0 fully saturated rings. The molecule has 0 N–H and O–H groups in total. The lowest BCUT2D eigenvalue weighted by molar-refractivity contribution is 1.18. The number of benzene rings is 9. The Morgan fingerprint density at radius 1 is 0.246 bits per heavy atom. The third-order valence-corrected chi connectivity index (χ3v) is 10.8. The van der Waals surface area contributed by atoms with Crippen molar-refractivity contribution in [2.75, 3.05) is 9.80 Å². The number of rotatable bonds is 9. The maximum absolute atomic E-state index is 2.38. The summed E-state index contributed by atoms with van der Waals surface area (Å²) in [5.74, 6) is 0. The summed E-state index contributed by atoms with van der Waals surface area (Å²) in [5.41, 5.74) is 14.9. The number of hydrogen-bond donors (Lipinski definition) is 0. The molecule has 10 aromatic rings. The molecule has 0 aliphatic rings. The fourth-order valence-electron chi connectivity index (χ4n) is 8.06. The molecule has 0 bridgehead atoms. The van der Waals surface area contributed by atoms with Crippen molar-refractivity contribution in [2.24, 2.45) is 0 Å². The van der Waals surface area contributed by atoms with Crippen LogP contribution in [0.1, 0.15) is 0 Å². The summed E-state index contributed by atoms with van der Waals surface area (Å²) in [6, 6.07) is 84.6. The van der Waals surface area contributed by atoms with E-state index in [1.165, 1.54) is 38.5 Å². The Kier molecular flexibility index (Phi) is 8.86. The van der Waals surface area contributed by atoms with Gasteiger partial charge in [0.25, 0.3) is 0 Å². The van der Waals surface area contributed by atoms with Gasteiger partial charge < -0.3 is 14.4 Å². The highest BCUT2D eigenvalue weighted by Crippen LogP contribution is 2.40. The largest absolute Gasteiger partial charge is 0.311 e. The first-order valence-corrected chi connectivity index (χ1v) is 19.4. The molecule has 9 aromatic carbocycles. The second-order valence-electron chi connectivity index (χ2n) is 14.2. The highest BCUT2D eigenvalue weighted by atomic mass is 15.2. The number of anilines is 6. The Balaban J connectivity index is 1.03. The maximum Gasteiger partial charge on any atom is 0.0541 e. The lowest BCUT2D eigenvalue weighted by Gasteiger charge is -2.28. The van der Waals surface area contributed by atoms with Gasteiger partial charge in [-0.1, -0.05) is 140 Å².